The molecule has 0 radical (unpaired) electrons. The number of fused-ring (bicyclic) bond motifs is 1. The van der Waals surface area contributed by atoms with E-state index >= 15 is 0 Å². The number of ether oxygens (including phenoxy) is 2. The standard InChI is InChI=1S/C39H39N9O3/c1-7-39(3,4)33-25-35(48(46-33)27-14-12-26(2)13-15-27)44-38(49)42-31-16-17-32(30-11-9-8-10-29(30)31)51-36-19-21-41-37(45-36)43-34-24-28(18-20-40-34)50-23-22-47(5)6/h1,8-21,24-25H,22-23H2,2-6H3,(H2,42,44,49)(H,40,41,43,45). The minimum atomic E-state index is -0.641. The van der Waals surface area contributed by atoms with Gasteiger partial charge in [-0.1, -0.05) is 47.9 Å². The number of benzene rings is 3. The lowest BCUT2D eigenvalue weighted by Gasteiger charge is -2.14. The van der Waals surface area contributed by atoms with Crippen molar-refractivity contribution in [2.24, 2.45) is 0 Å². The number of terminal acetylenes is 1. The number of carbonyl (C=O) groups excluding carboxylic acids is 1. The summed E-state index contributed by atoms with van der Waals surface area (Å²) in [6.07, 6.45) is 9.07. The summed E-state index contributed by atoms with van der Waals surface area (Å²) >= 11 is 0. The average Bonchev–Trinajstić information content (AvgIpc) is 3.54. The van der Waals surface area contributed by atoms with Gasteiger partial charge in [-0.2, -0.15) is 10.1 Å². The van der Waals surface area contributed by atoms with Gasteiger partial charge in [0.15, 0.2) is 0 Å². The van der Waals surface area contributed by atoms with Gasteiger partial charge in [-0.15, -0.1) is 6.42 Å². The van der Waals surface area contributed by atoms with Crippen molar-refractivity contribution in [3.63, 3.8) is 0 Å². The van der Waals surface area contributed by atoms with Gasteiger partial charge in [-0.25, -0.2) is 19.4 Å². The van der Waals surface area contributed by atoms with Gasteiger partial charge >= 0.3 is 6.03 Å². The lowest BCUT2D eigenvalue weighted by molar-refractivity contribution is 0.261. The van der Waals surface area contributed by atoms with Gasteiger partial charge in [0, 0.05) is 47.9 Å². The van der Waals surface area contributed by atoms with E-state index in [9.17, 15) is 4.79 Å². The van der Waals surface area contributed by atoms with E-state index in [2.05, 4.69) is 36.8 Å². The van der Waals surface area contributed by atoms with Crippen molar-refractivity contribution in [2.75, 3.05) is 43.2 Å². The Labute approximate surface area is 296 Å². The molecule has 0 unspecified atom stereocenters. The Hall–Kier alpha value is -6.45. The first-order chi connectivity index (χ1) is 24.6. The third kappa shape index (κ3) is 8.41. The van der Waals surface area contributed by atoms with Crippen molar-refractivity contribution >= 4 is 40.1 Å². The van der Waals surface area contributed by atoms with Crippen LogP contribution in [0.1, 0.15) is 25.1 Å². The zero-order valence-corrected chi connectivity index (χ0v) is 29.1. The van der Waals surface area contributed by atoms with Gasteiger partial charge < -0.3 is 25.0 Å². The first-order valence-corrected chi connectivity index (χ1v) is 16.3. The number of aromatic nitrogens is 5. The number of aryl methyl sites for hydroxylation is 1. The molecule has 0 saturated carbocycles. The number of hydrogen-bond acceptors (Lipinski definition) is 9. The van der Waals surface area contributed by atoms with E-state index in [-0.39, 0.29) is 0 Å². The maximum absolute atomic E-state index is 13.5. The molecule has 0 spiro atoms. The minimum absolute atomic E-state index is 0.309. The molecule has 3 N–H and O–H groups in total. The highest BCUT2D eigenvalue weighted by Crippen LogP contribution is 2.34. The molecule has 12 nitrogen and oxygen atoms in total. The van der Waals surface area contributed by atoms with Gasteiger partial charge in [0.05, 0.1) is 22.5 Å². The van der Waals surface area contributed by atoms with Crippen LogP contribution in [0.15, 0.2) is 97.3 Å². The fourth-order valence-corrected chi connectivity index (χ4v) is 5.07. The second kappa shape index (κ2) is 15.0. The SMILES string of the molecule is C#CC(C)(C)c1cc(NC(=O)Nc2ccc(Oc3ccnc(Nc4cc(OCCN(C)C)ccn4)n3)c3ccccc23)n(-c2ccc(C)cc2)n1. The van der Waals surface area contributed by atoms with Crippen molar-refractivity contribution in [2.45, 2.75) is 26.2 Å². The highest BCUT2D eigenvalue weighted by atomic mass is 16.5. The molecule has 258 valence electrons. The molecular weight excluding hydrogens is 642 g/mol. The van der Waals surface area contributed by atoms with E-state index in [0.29, 0.717) is 53.0 Å². The van der Waals surface area contributed by atoms with Gasteiger partial charge in [-0.05, 0) is 65.2 Å². The molecule has 6 rings (SSSR count). The molecule has 3 aromatic heterocycles. The van der Waals surface area contributed by atoms with Gasteiger partial charge in [0.2, 0.25) is 11.8 Å². The lowest BCUT2D eigenvalue weighted by Crippen LogP contribution is -2.21. The first-order valence-electron chi connectivity index (χ1n) is 16.3. The molecule has 0 aliphatic heterocycles. The smallest absolute Gasteiger partial charge is 0.324 e. The predicted octanol–water partition coefficient (Wildman–Crippen LogP) is 7.55. The van der Waals surface area contributed by atoms with Crippen molar-refractivity contribution in [3.05, 3.63) is 109 Å². The largest absolute Gasteiger partial charge is 0.492 e. The molecule has 0 fully saturated rings. The summed E-state index contributed by atoms with van der Waals surface area (Å²) in [6.45, 7) is 7.18. The van der Waals surface area contributed by atoms with Crippen LogP contribution in [-0.4, -0.2) is 62.9 Å². The summed E-state index contributed by atoms with van der Waals surface area (Å²) < 4.78 is 13.7. The number of nitrogens with zero attached hydrogens (tertiary/aromatic N) is 6. The molecule has 3 heterocycles. The average molecular weight is 682 g/mol. The maximum Gasteiger partial charge on any atom is 0.324 e. The van der Waals surface area contributed by atoms with Crippen LogP contribution >= 0.6 is 0 Å². The Bertz CT molecular complexity index is 2200. The normalized spacial score (nSPS) is 11.2. The Morgan fingerprint density at radius 2 is 1.71 bits per heavy atom. The van der Waals surface area contributed by atoms with Crippen LogP contribution in [0.3, 0.4) is 0 Å². The summed E-state index contributed by atoms with van der Waals surface area (Å²) in [4.78, 5) is 28.7. The minimum Gasteiger partial charge on any atom is -0.492 e. The molecule has 0 aliphatic rings. The quantitative estimate of drug-likeness (QED) is 0.112. The zero-order chi connectivity index (χ0) is 36.0. The van der Waals surface area contributed by atoms with Crippen LogP contribution in [0.5, 0.6) is 17.4 Å². The first kappa shape index (κ1) is 34.4. The number of amides is 2. The van der Waals surface area contributed by atoms with Crippen LogP contribution in [0.2, 0.25) is 0 Å². The topological polar surface area (TPSA) is 131 Å². The monoisotopic (exact) mass is 681 g/mol. The van der Waals surface area contributed by atoms with E-state index < -0.39 is 11.4 Å². The molecule has 3 aromatic carbocycles. The van der Waals surface area contributed by atoms with Crippen molar-refractivity contribution in [3.8, 4) is 35.4 Å². The number of likely N-dealkylation sites (N-methyl/N-ethyl adjacent to an activating group) is 1. The second-order valence-corrected chi connectivity index (χ2v) is 12.6. The van der Waals surface area contributed by atoms with Crippen LogP contribution in [-0.2, 0) is 5.41 Å². The molecule has 51 heavy (non-hydrogen) atoms. The van der Waals surface area contributed by atoms with E-state index in [1.54, 1.807) is 53.5 Å². The Balaban J connectivity index is 1.19. The Morgan fingerprint density at radius 1 is 0.941 bits per heavy atom. The summed E-state index contributed by atoms with van der Waals surface area (Å²) in [5.74, 6) is 5.66. The zero-order valence-electron chi connectivity index (χ0n) is 29.1. The molecule has 12 heteroatoms. The highest BCUT2D eigenvalue weighted by Gasteiger charge is 2.24. The molecule has 0 atom stereocenters. The summed E-state index contributed by atoms with van der Waals surface area (Å²) in [6, 6.07) is 25.7. The third-order valence-corrected chi connectivity index (χ3v) is 7.99. The molecule has 0 aliphatic carbocycles. The number of anilines is 4. The van der Waals surface area contributed by atoms with E-state index in [4.69, 9.17) is 21.0 Å². The van der Waals surface area contributed by atoms with Crippen LogP contribution < -0.4 is 25.4 Å². The van der Waals surface area contributed by atoms with Gasteiger partial charge in [0.1, 0.15) is 29.7 Å². The molecule has 0 bridgehead atoms. The third-order valence-electron chi connectivity index (χ3n) is 7.99. The number of hydrogen-bond donors (Lipinski definition) is 3. The molecule has 6 aromatic rings. The highest BCUT2D eigenvalue weighted by molar-refractivity contribution is 6.07. The Kier molecular flexibility index (Phi) is 10.1. The van der Waals surface area contributed by atoms with Crippen LogP contribution in [0, 0.1) is 19.3 Å². The van der Waals surface area contributed by atoms with Crippen molar-refractivity contribution in [1.82, 2.24) is 29.6 Å². The number of nitrogens with one attached hydrogen (secondary N) is 3. The molecule has 2 amide bonds. The predicted molar refractivity (Wildman–Crippen MR) is 200 cm³/mol. The Morgan fingerprint density at radius 3 is 2.47 bits per heavy atom. The molecular formula is C39H39N9O3. The molecule has 0 saturated heterocycles. The van der Waals surface area contributed by atoms with Crippen LogP contribution in [0.25, 0.3) is 16.5 Å². The summed E-state index contributed by atoms with van der Waals surface area (Å²) in [5.41, 5.74) is 2.51. The van der Waals surface area contributed by atoms with Crippen LogP contribution in [0.4, 0.5) is 28.1 Å². The van der Waals surface area contributed by atoms with E-state index in [0.717, 1.165) is 28.6 Å². The van der Waals surface area contributed by atoms with Gasteiger partial charge in [0.25, 0.3) is 0 Å². The number of rotatable bonds is 12. The van der Waals surface area contributed by atoms with Gasteiger partial charge in [-0.3, -0.25) is 5.32 Å². The van der Waals surface area contributed by atoms with E-state index in [1.165, 1.54) is 0 Å². The second-order valence-electron chi connectivity index (χ2n) is 12.6. The van der Waals surface area contributed by atoms with Crippen molar-refractivity contribution < 1.29 is 14.3 Å². The summed E-state index contributed by atoms with van der Waals surface area (Å²) in [7, 11) is 3.98. The summed E-state index contributed by atoms with van der Waals surface area (Å²) in [5, 5.41) is 15.4. The number of pyridine rings is 1. The van der Waals surface area contributed by atoms with E-state index in [1.807, 2.05) is 88.3 Å². The maximum atomic E-state index is 13.5. The lowest BCUT2D eigenvalue weighted by atomic mass is 9.91. The fraction of sp³-hybridized carbons (Fsp3) is 0.205. The number of carbonyl (C=O) groups is 1. The number of urea groups is 1. The fourth-order valence-electron chi connectivity index (χ4n) is 5.07. The van der Waals surface area contributed by atoms with Crippen molar-refractivity contribution in [1.29, 1.82) is 0 Å².